The molecule has 3 nitrogen and oxygen atoms in total. The molecule has 1 aliphatic carbocycles. The lowest BCUT2D eigenvalue weighted by molar-refractivity contribution is -0.140. The van der Waals surface area contributed by atoms with E-state index in [1.54, 1.807) is 0 Å². The van der Waals surface area contributed by atoms with Gasteiger partial charge in [0.15, 0.2) is 0 Å². The number of thioether (sulfide) groups is 1. The van der Waals surface area contributed by atoms with E-state index >= 15 is 0 Å². The second-order valence-electron chi connectivity index (χ2n) is 5.23. The molecule has 2 aliphatic rings. The number of amides is 2. The van der Waals surface area contributed by atoms with Crippen LogP contribution in [0.25, 0.3) is 0 Å². The molecule has 1 heterocycles. The number of imide groups is 1. The molecule has 0 spiro atoms. The van der Waals surface area contributed by atoms with Crippen molar-refractivity contribution in [2.45, 2.75) is 43.0 Å². The molecule has 1 fully saturated rings. The number of rotatable bonds is 3. The van der Waals surface area contributed by atoms with Crippen molar-refractivity contribution in [1.82, 2.24) is 4.90 Å². The minimum Gasteiger partial charge on any atom is -0.271 e. The van der Waals surface area contributed by atoms with Gasteiger partial charge in [0.25, 0.3) is 11.8 Å². The summed E-state index contributed by atoms with van der Waals surface area (Å²) in [6, 6.07) is 9.81. The highest BCUT2D eigenvalue weighted by Crippen LogP contribution is 2.34. The zero-order chi connectivity index (χ0) is 13.9. The van der Waals surface area contributed by atoms with Crippen molar-refractivity contribution in [3.63, 3.8) is 0 Å². The van der Waals surface area contributed by atoms with Crippen LogP contribution in [0.3, 0.4) is 0 Å². The number of nitrogens with zero attached hydrogens (tertiary/aromatic N) is 1. The molecule has 0 atom stereocenters. The largest absolute Gasteiger partial charge is 0.271 e. The summed E-state index contributed by atoms with van der Waals surface area (Å²) < 4.78 is 0. The first kappa shape index (κ1) is 13.4. The Morgan fingerprint density at radius 3 is 2.40 bits per heavy atom. The van der Waals surface area contributed by atoms with Gasteiger partial charge in [0.2, 0.25) is 0 Å². The van der Waals surface area contributed by atoms with Crippen molar-refractivity contribution in [1.29, 1.82) is 0 Å². The lowest BCUT2D eigenvalue weighted by Crippen LogP contribution is -2.41. The van der Waals surface area contributed by atoms with Gasteiger partial charge in [-0.3, -0.25) is 14.5 Å². The van der Waals surface area contributed by atoms with E-state index in [1.807, 2.05) is 30.3 Å². The highest BCUT2D eigenvalue weighted by atomic mass is 32.2. The Morgan fingerprint density at radius 2 is 1.70 bits per heavy atom. The van der Waals surface area contributed by atoms with Gasteiger partial charge in [0.05, 0.1) is 4.91 Å². The fourth-order valence-corrected chi connectivity index (χ4v) is 3.73. The van der Waals surface area contributed by atoms with Crippen molar-refractivity contribution >= 4 is 23.6 Å². The summed E-state index contributed by atoms with van der Waals surface area (Å²) >= 11 is 1.38. The lowest BCUT2D eigenvalue weighted by Gasteiger charge is -2.29. The summed E-state index contributed by atoms with van der Waals surface area (Å²) in [4.78, 5) is 27.6. The molecular formula is C16H17NO2S. The fraction of sp³-hybridized carbons (Fsp3) is 0.375. The fourth-order valence-electron chi connectivity index (χ4n) is 2.84. The van der Waals surface area contributed by atoms with Gasteiger partial charge in [-0.05, 0) is 25.0 Å². The Balaban J connectivity index is 1.73. The Bertz CT molecular complexity index is 547. The third-order valence-corrected chi connectivity index (χ3v) is 4.85. The van der Waals surface area contributed by atoms with Crippen LogP contribution in [0, 0.1) is 0 Å². The van der Waals surface area contributed by atoms with E-state index in [0.29, 0.717) is 4.91 Å². The van der Waals surface area contributed by atoms with Crippen LogP contribution in [0.5, 0.6) is 0 Å². The van der Waals surface area contributed by atoms with Crippen molar-refractivity contribution < 1.29 is 9.59 Å². The molecule has 0 aromatic heterocycles. The van der Waals surface area contributed by atoms with Gasteiger partial charge in [-0.2, -0.15) is 0 Å². The molecule has 0 N–H and O–H groups in total. The summed E-state index contributed by atoms with van der Waals surface area (Å²) in [5.41, 5.74) is 0. The smallest absolute Gasteiger partial charge is 0.267 e. The van der Waals surface area contributed by atoms with Gasteiger partial charge in [0.1, 0.15) is 0 Å². The van der Waals surface area contributed by atoms with Crippen LogP contribution in [-0.4, -0.2) is 22.8 Å². The van der Waals surface area contributed by atoms with Crippen molar-refractivity contribution in [2.75, 3.05) is 0 Å². The molecule has 3 rings (SSSR count). The maximum absolute atomic E-state index is 12.4. The monoisotopic (exact) mass is 287 g/mol. The van der Waals surface area contributed by atoms with Crippen molar-refractivity contribution in [2.24, 2.45) is 0 Å². The van der Waals surface area contributed by atoms with Crippen LogP contribution in [0.2, 0.25) is 0 Å². The number of hydrogen-bond acceptors (Lipinski definition) is 3. The molecule has 1 aromatic carbocycles. The summed E-state index contributed by atoms with van der Waals surface area (Å²) in [5.74, 6) is -0.254. The van der Waals surface area contributed by atoms with Gasteiger partial charge in [-0.25, -0.2) is 0 Å². The number of benzene rings is 1. The number of carbonyl (C=O) groups excluding carboxylic acids is 2. The molecular weight excluding hydrogens is 270 g/mol. The summed E-state index contributed by atoms with van der Waals surface area (Å²) in [5, 5.41) is 0. The van der Waals surface area contributed by atoms with E-state index in [0.717, 1.165) is 30.6 Å². The average molecular weight is 287 g/mol. The maximum Gasteiger partial charge on any atom is 0.267 e. The zero-order valence-electron chi connectivity index (χ0n) is 11.2. The first-order valence-corrected chi connectivity index (χ1v) is 7.89. The molecule has 1 aromatic rings. The Morgan fingerprint density at radius 1 is 1.00 bits per heavy atom. The van der Waals surface area contributed by atoms with Crippen LogP contribution in [0.4, 0.5) is 0 Å². The summed E-state index contributed by atoms with van der Waals surface area (Å²) in [7, 11) is 0. The summed E-state index contributed by atoms with van der Waals surface area (Å²) in [6.45, 7) is 0. The third kappa shape index (κ3) is 2.66. The average Bonchev–Trinajstić information content (AvgIpc) is 2.75. The zero-order valence-corrected chi connectivity index (χ0v) is 12.1. The second-order valence-corrected chi connectivity index (χ2v) is 6.34. The van der Waals surface area contributed by atoms with Crippen LogP contribution in [0.1, 0.15) is 32.1 Å². The minimum atomic E-state index is -0.139. The Hall–Kier alpha value is -1.55. The normalized spacial score (nSPS) is 20.4. The topological polar surface area (TPSA) is 37.4 Å². The molecule has 1 saturated carbocycles. The highest BCUT2D eigenvalue weighted by Gasteiger charge is 2.37. The van der Waals surface area contributed by atoms with Crippen LogP contribution >= 0.6 is 11.8 Å². The van der Waals surface area contributed by atoms with Crippen LogP contribution in [-0.2, 0) is 9.59 Å². The molecule has 0 radical (unpaired) electrons. The van der Waals surface area contributed by atoms with Crippen molar-refractivity contribution in [3.8, 4) is 0 Å². The van der Waals surface area contributed by atoms with E-state index in [4.69, 9.17) is 0 Å². The molecule has 20 heavy (non-hydrogen) atoms. The first-order chi connectivity index (χ1) is 9.75. The summed E-state index contributed by atoms with van der Waals surface area (Å²) in [6.07, 6.45) is 6.84. The number of carbonyl (C=O) groups is 2. The predicted molar refractivity (Wildman–Crippen MR) is 79.1 cm³/mol. The minimum absolute atomic E-state index is 0.105. The van der Waals surface area contributed by atoms with Crippen LogP contribution in [0.15, 0.2) is 46.2 Å². The molecule has 104 valence electrons. The Kier molecular flexibility index (Phi) is 3.92. The predicted octanol–water partition coefficient (Wildman–Crippen LogP) is 3.36. The van der Waals surface area contributed by atoms with Gasteiger partial charge < -0.3 is 0 Å². The standard InChI is InChI=1S/C16H17NO2S/c18-15-11-14(20-13-9-5-2-6-10-13)16(19)17(15)12-7-3-1-4-8-12/h2,5-6,9-12H,1,3-4,7-8H2. The molecule has 0 bridgehead atoms. The van der Waals surface area contributed by atoms with Gasteiger partial charge >= 0.3 is 0 Å². The molecule has 1 aliphatic heterocycles. The molecule has 4 heteroatoms. The third-order valence-electron chi connectivity index (χ3n) is 3.83. The molecule has 2 amide bonds. The van der Waals surface area contributed by atoms with E-state index in [1.165, 1.54) is 29.2 Å². The highest BCUT2D eigenvalue weighted by molar-refractivity contribution is 8.04. The van der Waals surface area contributed by atoms with Crippen molar-refractivity contribution in [3.05, 3.63) is 41.3 Å². The lowest BCUT2D eigenvalue weighted by atomic mass is 9.94. The maximum atomic E-state index is 12.4. The second kappa shape index (κ2) is 5.83. The Labute approximate surface area is 123 Å². The van der Waals surface area contributed by atoms with E-state index in [-0.39, 0.29) is 17.9 Å². The van der Waals surface area contributed by atoms with E-state index in [9.17, 15) is 9.59 Å². The van der Waals surface area contributed by atoms with E-state index < -0.39 is 0 Å². The first-order valence-electron chi connectivity index (χ1n) is 7.08. The van der Waals surface area contributed by atoms with E-state index in [2.05, 4.69) is 0 Å². The SMILES string of the molecule is O=C1C=C(Sc2ccccc2)C(=O)N1C1CCCCC1. The quantitative estimate of drug-likeness (QED) is 0.800. The number of hydrogen-bond donors (Lipinski definition) is 0. The van der Waals surface area contributed by atoms with Gasteiger partial charge in [-0.15, -0.1) is 0 Å². The molecule has 0 saturated heterocycles. The molecule has 0 unspecified atom stereocenters. The van der Waals surface area contributed by atoms with Crippen LogP contribution < -0.4 is 0 Å². The van der Waals surface area contributed by atoms with Gasteiger partial charge in [0, 0.05) is 17.0 Å². The van der Waals surface area contributed by atoms with Gasteiger partial charge in [-0.1, -0.05) is 49.2 Å².